The van der Waals surface area contributed by atoms with Gasteiger partial charge in [-0.1, -0.05) is 0 Å². The molecule has 1 aromatic rings. The fraction of sp³-hybridized carbons (Fsp3) is 0.619. The first kappa shape index (κ1) is 18.3. The quantitative estimate of drug-likeness (QED) is 0.788. The fourth-order valence-corrected chi connectivity index (χ4v) is 7.40. The Morgan fingerprint density at radius 1 is 0.929 bits per heavy atom. The first-order valence-corrected chi connectivity index (χ1v) is 11.9. The molecule has 5 aliphatic rings. The predicted octanol–water partition coefficient (Wildman–Crippen LogP) is 3.01. The lowest BCUT2D eigenvalue weighted by Gasteiger charge is -2.50. The number of amides is 1. The molecule has 0 radical (unpaired) electrons. The van der Waals surface area contributed by atoms with Crippen LogP contribution in [-0.4, -0.2) is 37.4 Å². The average molecular weight is 402 g/mol. The van der Waals surface area contributed by atoms with E-state index in [0.29, 0.717) is 30.5 Å². The van der Waals surface area contributed by atoms with Crippen LogP contribution in [-0.2, 0) is 10.0 Å². The largest absolute Gasteiger partial charge is 0.271 e. The minimum atomic E-state index is -3.45. The molecule has 5 fully saturated rings. The zero-order chi connectivity index (χ0) is 19.3. The molecule has 4 saturated carbocycles. The number of hydrogen-bond donors (Lipinski definition) is 1. The van der Waals surface area contributed by atoms with Crippen LogP contribution >= 0.6 is 0 Å². The van der Waals surface area contributed by atoms with Crippen molar-refractivity contribution < 1.29 is 13.2 Å². The van der Waals surface area contributed by atoms with Gasteiger partial charge >= 0.3 is 0 Å². The molecular weight excluding hydrogens is 374 g/mol. The minimum Gasteiger partial charge on any atom is -0.267 e. The summed E-state index contributed by atoms with van der Waals surface area (Å²) in [5.74, 6) is 2.55. The van der Waals surface area contributed by atoms with Gasteiger partial charge in [0.1, 0.15) is 0 Å². The third-order valence-electron chi connectivity index (χ3n) is 7.08. The van der Waals surface area contributed by atoms with E-state index in [9.17, 15) is 13.2 Å². The van der Waals surface area contributed by atoms with Gasteiger partial charge in [0.05, 0.1) is 4.90 Å². The first-order chi connectivity index (χ1) is 13.5. The molecule has 1 aromatic carbocycles. The third kappa shape index (κ3) is 3.18. The second kappa shape index (κ2) is 6.95. The Hall–Kier alpha value is -1.73. The van der Waals surface area contributed by atoms with Crippen molar-refractivity contribution in [1.29, 1.82) is 0 Å². The summed E-state index contributed by atoms with van der Waals surface area (Å²) in [5, 5.41) is 4.52. The molecule has 28 heavy (non-hydrogen) atoms. The minimum absolute atomic E-state index is 0.248. The smallest absolute Gasteiger partial charge is 0.267 e. The van der Waals surface area contributed by atoms with Gasteiger partial charge < -0.3 is 0 Å². The summed E-state index contributed by atoms with van der Waals surface area (Å²) in [7, 11) is -3.45. The maximum atomic E-state index is 12.6. The normalized spacial score (nSPS) is 31.9. The Bertz CT molecular complexity index is 871. The van der Waals surface area contributed by atoms with Gasteiger partial charge in [-0.2, -0.15) is 9.41 Å². The van der Waals surface area contributed by atoms with Gasteiger partial charge in [-0.3, -0.25) is 4.79 Å². The SMILES string of the molecule is O=C(NN=C1C2CC3CC(C2)CC1C3)c1ccc(S(=O)(=O)N2CCCC2)cc1. The molecule has 6 rings (SSSR count). The van der Waals surface area contributed by atoms with E-state index in [-0.39, 0.29) is 10.8 Å². The highest BCUT2D eigenvalue weighted by molar-refractivity contribution is 7.89. The average Bonchev–Trinajstić information content (AvgIpc) is 3.22. The third-order valence-corrected chi connectivity index (χ3v) is 8.99. The van der Waals surface area contributed by atoms with Crippen LogP contribution < -0.4 is 5.43 Å². The van der Waals surface area contributed by atoms with Crippen LogP contribution in [0.3, 0.4) is 0 Å². The van der Waals surface area contributed by atoms with Crippen LogP contribution in [0.1, 0.15) is 55.3 Å². The number of sulfonamides is 1. The highest BCUT2D eigenvalue weighted by Crippen LogP contribution is 2.52. The van der Waals surface area contributed by atoms with Crippen LogP contribution in [0, 0.1) is 23.7 Å². The Labute approximate surface area is 166 Å². The maximum absolute atomic E-state index is 12.6. The molecule has 4 aliphatic carbocycles. The van der Waals surface area contributed by atoms with Crippen molar-refractivity contribution in [3.05, 3.63) is 29.8 Å². The molecule has 0 atom stereocenters. The summed E-state index contributed by atoms with van der Waals surface area (Å²) in [6.45, 7) is 1.15. The van der Waals surface area contributed by atoms with Gasteiger partial charge in [0.15, 0.2) is 0 Å². The number of carbonyl (C=O) groups excluding carboxylic acids is 1. The molecule has 1 amide bonds. The van der Waals surface area contributed by atoms with Gasteiger partial charge in [0.2, 0.25) is 10.0 Å². The summed E-state index contributed by atoms with van der Waals surface area (Å²) in [6, 6.07) is 6.21. The molecule has 1 heterocycles. The second-order valence-corrected chi connectivity index (χ2v) is 10.9. The predicted molar refractivity (Wildman–Crippen MR) is 106 cm³/mol. The second-order valence-electron chi connectivity index (χ2n) is 8.92. The van der Waals surface area contributed by atoms with Gasteiger partial charge in [0, 0.05) is 24.4 Å². The Morgan fingerprint density at radius 3 is 2.07 bits per heavy atom. The van der Waals surface area contributed by atoms with Crippen LogP contribution in [0.25, 0.3) is 0 Å². The standard InChI is InChI=1S/C21H27N3O3S/c25-21(23-22-20-17-10-14-9-15(12-17)13-18(20)11-14)16-3-5-19(6-4-16)28(26,27)24-7-1-2-8-24/h3-6,14-15,17-18H,1-2,7-13H2,(H,23,25). The fourth-order valence-electron chi connectivity index (χ4n) is 5.89. The van der Waals surface area contributed by atoms with Crippen molar-refractivity contribution in [3.8, 4) is 0 Å². The summed E-state index contributed by atoms with van der Waals surface area (Å²) in [6.07, 6.45) is 8.11. The molecule has 150 valence electrons. The van der Waals surface area contributed by atoms with Gasteiger partial charge in [-0.15, -0.1) is 0 Å². The molecule has 0 spiro atoms. The maximum Gasteiger partial charge on any atom is 0.271 e. The van der Waals surface area contributed by atoms with E-state index in [1.54, 1.807) is 12.1 Å². The lowest BCUT2D eigenvalue weighted by atomic mass is 9.55. The molecule has 4 bridgehead atoms. The van der Waals surface area contributed by atoms with Crippen molar-refractivity contribution in [3.63, 3.8) is 0 Å². The van der Waals surface area contributed by atoms with Crippen LogP contribution in [0.2, 0.25) is 0 Å². The zero-order valence-electron chi connectivity index (χ0n) is 16.0. The first-order valence-electron chi connectivity index (χ1n) is 10.5. The summed E-state index contributed by atoms with van der Waals surface area (Å²) >= 11 is 0. The number of hydrogen-bond acceptors (Lipinski definition) is 4. The van der Waals surface area contributed by atoms with E-state index < -0.39 is 10.0 Å². The lowest BCUT2D eigenvalue weighted by Crippen LogP contribution is -2.46. The number of carbonyl (C=O) groups is 1. The van der Waals surface area contributed by atoms with Crippen LogP contribution in [0.4, 0.5) is 0 Å². The van der Waals surface area contributed by atoms with E-state index in [2.05, 4.69) is 10.5 Å². The summed E-state index contributed by atoms with van der Waals surface area (Å²) in [5.41, 5.74) is 4.36. The molecular formula is C21H27N3O3S. The number of nitrogens with zero attached hydrogens (tertiary/aromatic N) is 2. The number of hydrazone groups is 1. The van der Waals surface area contributed by atoms with E-state index in [0.717, 1.165) is 24.7 Å². The topological polar surface area (TPSA) is 78.8 Å². The summed E-state index contributed by atoms with van der Waals surface area (Å²) in [4.78, 5) is 12.8. The lowest BCUT2D eigenvalue weighted by molar-refractivity contribution is 0.0942. The Morgan fingerprint density at radius 2 is 1.50 bits per heavy atom. The molecule has 6 nitrogen and oxygen atoms in total. The molecule has 1 saturated heterocycles. The number of nitrogens with one attached hydrogen (secondary N) is 1. The van der Waals surface area contributed by atoms with Crippen molar-refractivity contribution in [2.75, 3.05) is 13.1 Å². The molecule has 7 heteroatoms. The summed E-state index contributed by atoms with van der Waals surface area (Å²) < 4.78 is 26.7. The van der Waals surface area contributed by atoms with Crippen molar-refractivity contribution >= 4 is 21.6 Å². The van der Waals surface area contributed by atoms with E-state index in [1.807, 2.05) is 0 Å². The van der Waals surface area contributed by atoms with E-state index >= 15 is 0 Å². The zero-order valence-corrected chi connectivity index (χ0v) is 16.8. The van der Waals surface area contributed by atoms with Crippen molar-refractivity contribution in [2.24, 2.45) is 28.8 Å². The number of rotatable bonds is 4. The van der Waals surface area contributed by atoms with Crippen molar-refractivity contribution in [2.45, 2.75) is 49.8 Å². The van der Waals surface area contributed by atoms with Gasteiger partial charge in [-0.25, -0.2) is 13.8 Å². The number of benzene rings is 1. The Balaban J connectivity index is 1.27. The highest BCUT2D eigenvalue weighted by atomic mass is 32.2. The van der Waals surface area contributed by atoms with E-state index in [4.69, 9.17) is 0 Å². The van der Waals surface area contributed by atoms with Gasteiger partial charge in [-0.05, 0) is 92.9 Å². The van der Waals surface area contributed by atoms with E-state index in [1.165, 1.54) is 54.3 Å². The van der Waals surface area contributed by atoms with Crippen LogP contribution in [0.15, 0.2) is 34.3 Å². The molecule has 0 unspecified atom stereocenters. The molecule has 1 aliphatic heterocycles. The molecule has 0 aromatic heterocycles. The highest BCUT2D eigenvalue weighted by Gasteiger charge is 2.46. The van der Waals surface area contributed by atoms with Crippen molar-refractivity contribution in [1.82, 2.24) is 9.73 Å². The Kier molecular flexibility index (Phi) is 4.55. The van der Waals surface area contributed by atoms with Crippen LogP contribution in [0.5, 0.6) is 0 Å². The van der Waals surface area contributed by atoms with Gasteiger partial charge in [0.25, 0.3) is 5.91 Å². The molecule has 1 N–H and O–H groups in total. The monoisotopic (exact) mass is 401 g/mol.